The number of halogens is 10. The molecule has 3 aliphatic heterocycles. The molecule has 3 aliphatic rings. The molecule has 0 aliphatic carbocycles. The lowest BCUT2D eigenvalue weighted by Gasteiger charge is -2.47. The number of rotatable bonds is 20. The number of nitrogens with one attached hydrogen (secondary N) is 4. The SMILES string of the molecule is COC(=O)NC(C(=O)N[C@@H](Cc1ccc(C#Cc2ccc(N3C4CCC3CN(C3COC3)C4)nc2)cc1)[C@@H](O)CN(Cc1c(F)cc(C(C=NC(F)F)=CN)cc1F)NC(=O)[C@@H](NC(=O)OC)C(C)(C)C(F)(F)F)C(C)(C)C(F)(F)F. The summed E-state index contributed by atoms with van der Waals surface area (Å²) in [5.74, 6) is 0.698. The molecule has 81 heavy (non-hydrogen) atoms. The van der Waals surface area contributed by atoms with E-state index in [4.69, 9.17) is 15.5 Å². The Morgan fingerprint density at radius 2 is 1.36 bits per heavy atom. The van der Waals surface area contributed by atoms with Crippen LogP contribution in [0.4, 0.5) is 59.3 Å². The van der Waals surface area contributed by atoms with Crippen LogP contribution < -0.4 is 32.0 Å². The average molecular weight is 1160 g/mol. The number of methoxy groups -OCH3 is 2. The number of alkyl halides is 8. The molecule has 3 saturated heterocycles. The van der Waals surface area contributed by atoms with Gasteiger partial charge in [0.1, 0.15) is 29.5 Å². The van der Waals surface area contributed by atoms with E-state index >= 15 is 8.78 Å². The van der Waals surface area contributed by atoms with E-state index in [1.54, 1.807) is 11.5 Å². The third-order valence-corrected chi connectivity index (χ3v) is 14.5. The van der Waals surface area contributed by atoms with Crippen LogP contribution in [0.3, 0.4) is 0 Å². The second kappa shape index (κ2) is 26.1. The summed E-state index contributed by atoms with van der Waals surface area (Å²) in [6.07, 6.45) is -11.1. The summed E-state index contributed by atoms with van der Waals surface area (Å²) < 4.78 is 159. The number of hydrogen-bond acceptors (Lipinski definition) is 14. The smallest absolute Gasteiger partial charge is 0.407 e. The zero-order valence-corrected chi connectivity index (χ0v) is 44.7. The molecule has 28 heteroatoms. The number of anilines is 1. The molecule has 0 spiro atoms. The summed E-state index contributed by atoms with van der Waals surface area (Å²) in [6.45, 7) is -0.0148. The number of carbonyl (C=O) groups is 4. The maximum atomic E-state index is 16.0. The Morgan fingerprint density at radius 3 is 1.83 bits per heavy atom. The minimum atomic E-state index is -5.24. The summed E-state index contributed by atoms with van der Waals surface area (Å²) >= 11 is 0. The minimum Gasteiger partial charge on any atom is -0.453 e. The number of carbonyl (C=O) groups excluding carboxylic acids is 4. The number of nitrogens with zero attached hydrogens (tertiary/aromatic N) is 5. The summed E-state index contributed by atoms with van der Waals surface area (Å²) in [7, 11) is 1.59. The number of aromatic nitrogens is 1. The lowest BCUT2D eigenvalue weighted by molar-refractivity contribution is -0.221. The highest BCUT2D eigenvalue weighted by atomic mass is 19.4. The molecule has 2 aromatic carbocycles. The molecule has 6 rings (SSSR count). The zero-order chi connectivity index (χ0) is 59.8. The quantitative estimate of drug-likeness (QED) is 0.0253. The van der Waals surface area contributed by atoms with Gasteiger partial charge in [-0.05, 0) is 94.5 Å². The standard InChI is InChI=1S/C53H62F10N10O8/c1-50(2,52(58,59)60)43(68-48(77)79-5)45(75)67-40(17-30-10-7-29(8-11-30)9-12-31-13-16-42(65-21-31)73-34-14-15-35(73)24-71(23-34)36-27-81-28-36)41(74)26-72(70-46(76)44(69-49(78)80-6)51(3,4)53(61,62)63)25-37-38(54)18-32(19-39(37)55)33(20-64)22-66-47(56)57/h7-8,10-11,13,16,18-22,34-36,40-41,43-44,47,74H,14-15,17,23-28,64H2,1-6H3,(H,67,75)(H,68,77)(H,69,78)(H,70,76)/t34?,35?,40-,41-,43?,44+/m0/s1. The number of ether oxygens (including phenoxy) is 3. The number of allylic oxidation sites excluding steroid dienone is 1. The van der Waals surface area contributed by atoms with Gasteiger partial charge in [-0.25, -0.2) is 33.4 Å². The predicted molar refractivity (Wildman–Crippen MR) is 274 cm³/mol. The molecule has 1 aromatic heterocycles. The number of aliphatic hydroxyl groups is 1. The number of nitrogens with two attached hydrogens (primary N) is 1. The Kier molecular flexibility index (Phi) is 20.3. The van der Waals surface area contributed by atoms with Crippen LogP contribution in [0.5, 0.6) is 0 Å². The van der Waals surface area contributed by atoms with Gasteiger partial charge < -0.3 is 45.9 Å². The number of aliphatic hydroxyl groups excluding tert-OH is 1. The van der Waals surface area contributed by atoms with E-state index in [1.807, 2.05) is 22.9 Å². The van der Waals surface area contributed by atoms with Gasteiger partial charge in [-0.15, -0.1) is 0 Å². The fourth-order valence-electron chi connectivity index (χ4n) is 9.34. The van der Waals surface area contributed by atoms with Gasteiger partial charge in [0.25, 0.3) is 5.91 Å². The maximum absolute atomic E-state index is 16.0. The number of hydrogen-bond donors (Lipinski definition) is 6. The fraction of sp³-hybridized carbons (Fsp3) is 0.509. The number of fused-ring (bicyclic) bond motifs is 2. The van der Waals surface area contributed by atoms with Crippen molar-refractivity contribution in [1.82, 2.24) is 36.3 Å². The monoisotopic (exact) mass is 1160 g/mol. The van der Waals surface area contributed by atoms with E-state index in [2.05, 4.69) is 41.4 Å². The van der Waals surface area contributed by atoms with Crippen molar-refractivity contribution < 1.29 is 82.4 Å². The second-order valence-electron chi connectivity index (χ2n) is 20.7. The van der Waals surface area contributed by atoms with Crippen LogP contribution in [0.2, 0.25) is 0 Å². The Bertz CT molecular complexity index is 2800. The third-order valence-electron chi connectivity index (χ3n) is 14.5. The van der Waals surface area contributed by atoms with Crippen molar-refractivity contribution >= 4 is 41.6 Å². The number of piperazine rings is 1. The normalized spacial score (nSPS) is 18.8. The van der Waals surface area contributed by atoms with Gasteiger partial charge in [0.2, 0.25) is 5.91 Å². The lowest BCUT2D eigenvalue weighted by Crippen LogP contribution is -2.63. The van der Waals surface area contributed by atoms with Crippen LogP contribution in [0.15, 0.2) is 65.9 Å². The third kappa shape index (κ3) is 15.4. The van der Waals surface area contributed by atoms with Gasteiger partial charge >= 0.3 is 31.1 Å². The van der Waals surface area contributed by atoms with Crippen molar-refractivity contribution in [2.45, 2.75) is 115 Å². The molecule has 442 valence electrons. The molecule has 6 atom stereocenters. The molecule has 0 radical (unpaired) electrons. The summed E-state index contributed by atoms with van der Waals surface area (Å²) in [5.41, 5.74) is 0.830. The minimum absolute atomic E-state index is 0.264. The number of hydrazine groups is 1. The fourth-order valence-corrected chi connectivity index (χ4v) is 9.34. The van der Waals surface area contributed by atoms with Gasteiger partial charge in [0.05, 0.1) is 56.5 Å². The Morgan fingerprint density at radius 1 is 0.827 bits per heavy atom. The van der Waals surface area contributed by atoms with E-state index in [0.29, 0.717) is 86.5 Å². The first-order valence-electron chi connectivity index (χ1n) is 25.2. The molecule has 4 heterocycles. The van der Waals surface area contributed by atoms with Crippen LogP contribution in [-0.4, -0.2) is 159 Å². The van der Waals surface area contributed by atoms with Crippen LogP contribution in [0.25, 0.3) is 5.57 Å². The van der Waals surface area contributed by atoms with Crippen molar-refractivity contribution in [2.24, 2.45) is 21.6 Å². The highest BCUT2D eigenvalue weighted by Gasteiger charge is 2.57. The first kappa shape index (κ1) is 63.0. The first-order chi connectivity index (χ1) is 38.0. The van der Waals surface area contributed by atoms with Crippen molar-refractivity contribution in [3.8, 4) is 11.8 Å². The van der Waals surface area contributed by atoms with Gasteiger partial charge in [-0.2, -0.15) is 35.1 Å². The first-order valence-corrected chi connectivity index (χ1v) is 25.2. The molecule has 7 N–H and O–H groups in total. The maximum Gasteiger partial charge on any atom is 0.407 e. The van der Waals surface area contributed by atoms with Crippen LogP contribution in [0, 0.1) is 34.3 Å². The zero-order valence-electron chi connectivity index (χ0n) is 44.7. The highest BCUT2D eigenvalue weighted by molar-refractivity contribution is 6.09. The number of benzene rings is 2. The predicted octanol–water partition coefficient (Wildman–Crippen LogP) is 5.95. The van der Waals surface area contributed by atoms with Crippen LogP contribution >= 0.6 is 0 Å². The summed E-state index contributed by atoms with van der Waals surface area (Å²) in [5, 5.41) is 18.4. The van der Waals surface area contributed by atoms with Crippen LogP contribution in [-0.2, 0) is 36.8 Å². The number of amides is 4. The van der Waals surface area contributed by atoms with Gasteiger partial charge in [-0.3, -0.25) is 19.9 Å². The van der Waals surface area contributed by atoms with Gasteiger partial charge in [0, 0.05) is 79.1 Å². The van der Waals surface area contributed by atoms with Crippen LogP contribution in [0.1, 0.15) is 68.4 Å². The second-order valence-corrected chi connectivity index (χ2v) is 20.7. The molecule has 18 nitrogen and oxygen atoms in total. The summed E-state index contributed by atoms with van der Waals surface area (Å²) in [4.78, 5) is 65.2. The molecular formula is C53H62F10N10O8. The number of likely N-dealkylation sites (tertiary alicyclic amines) is 1. The molecule has 0 saturated carbocycles. The van der Waals surface area contributed by atoms with E-state index in [1.165, 1.54) is 24.3 Å². The highest BCUT2D eigenvalue weighted by Crippen LogP contribution is 2.42. The van der Waals surface area contributed by atoms with E-state index in [0.717, 1.165) is 59.2 Å². The van der Waals surface area contributed by atoms with Crippen molar-refractivity contribution in [3.63, 3.8) is 0 Å². The molecule has 2 bridgehead atoms. The number of alkyl carbamates (subject to hydrolysis) is 2. The van der Waals surface area contributed by atoms with Crippen molar-refractivity contribution in [3.05, 3.63) is 100 Å². The van der Waals surface area contributed by atoms with Crippen molar-refractivity contribution in [2.75, 3.05) is 52.0 Å². The topological polar surface area (TPSA) is 225 Å². The number of pyridine rings is 1. The molecule has 4 amide bonds. The molecule has 3 aromatic rings. The Labute approximate surface area is 459 Å². The lowest BCUT2D eigenvalue weighted by atomic mass is 9.82. The molecule has 3 unspecified atom stereocenters. The molecule has 3 fully saturated rings. The number of aliphatic imine (C=N–C) groups is 1. The molecular weight excluding hydrogens is 1090 g/mol. The largest absolute Gasteiger partial charge is 0.453 e. The Balaban J connectivity index is 1.32. The van der Waals surface area contributed by atoms with Gasteiger partial charge in [-0.1, -0.05) is 24.0 Å². The van der Waals surface area contributed by atoms with E-state index in [9.17, 15) is 59.4 Å². The Hall–Kier alpha value is -7.22. The van der Waals surface area contributed by atoms with E-state index < -0.39 is 126 Å². The van der Waals surface area contributed by atoms with E-state index in [-0.39, 0.29) is 5.56 Å². The van der Waals surface area contributed by atoms with Crippen molar-refractivity contribution in [1.29, 1.82) is 0 Å². The van der Waals surface area contributed by atoms with Gasteiger partial charge in [0.15, 0.2) is 0 Å². The average Bonchev–Trinajstić information content (AvgIpc) is 3.73. The summed E-state index contributed by atoms with van der Waals surface area (Å²) in [6, 6.07) is 5.25.